The predicted octanol–water partition coefficient (Wildman–Crippen LogP) is 1.66. The Morgan fingerprint density at radius 2 is 2.60 bits per heavy atom. The van der Waals surface area contributed by atoms with Crippen LogP contribution in [0.1, 0.15) is 26.2 Å². The van der Waals surface area contributed by atoms with Crippen LogP contribution in [0.4, 0.5) is 0 Å². The molecule has 0 bridgehead atoms. The Bertz CT molecular complexity index is 126. The van der Waals surface area contributed by atoms with Crippen molar-refractivity contribution in [2.45, 2.75) is 32.4 Å². The standard InChI is InChI=1S/C6H12BrN3/c1-2-3-4-6-9-8-5-10(6)7/h5-6,9H,2-4H2,1H3. The lowest BCUT2D eigenvalue weighted by Crippen LogP contribution is -2.29. The molecule has 1 N–H and O–H groups in total. The van der Waals surface area contributed by atoms with E-state index in [-0.39, 0.29) is 0 Å². The minimum Gasteiger partial charge on any atom is -0.285 e. The molecule has 0 aliphatic carbocycles. The molecule has 0 aromatic heterocycles. The molecule has 0 spiro atoms. The third-order valence-corrected chi connectivity index (χ3v) is 2.20. The molecule has 1 atom stereocenters. The number of halogens is 1. The third kappa shape index (κ3) is 1.87. The summed E-state index contributed by atoms with van der Waals surface area (Å²) < 4.78 is 1.92. The van der Waals surface area contributed by atoms with Crippen molar-refractivity contribution in [2.75, 3.05) is 0 Å². The lowest BCUT2D eigenvalue weighted by atomic mass is 10.2. The highest BCUT2D eigenvalue weighted by molar-refractivity contribution is 9.07. The molecule has 3 nitrogen and oxygen atoms in total. The Morgan fingerprint density at radius 1 is 1.80 bits per heavy atom. The van der Waals surface area contributed by atoms with Crippen molar-refractivity contribution >= 4 is 22.5 Å². The van der Waals surface area contributed by atoms with E-state index < -0.39 is 0 Å². The van der Waals surface area contributed by atoms with Gasteiger partial charge in [0.2, 0.25) is 0 Å². The molecule has 58 valence electrons. The van der Waals surface area contributed by atoms with Gasteiger partial charge in [0, 0.05) is 0 Å². The van der Waals surface area contributed by atoms with Gasteiger partial charge >= 0.3 is 0 Å². The molecule has 0 aromatic carbocycles. The minimum absolute atomic E-state index is 0.361. The molecular weight excluding hydrogens is 194 g/mol. The second kappa shape index (κ2) is 3.81. The number of nitrogens with zero attached hydrogens (tertiary/aromatic N) is 2. The summed E-state index contributed by atoms with van der Waals surface area (Å²) in [5.41, 5.74) is 2.99. The Morgan fingerprint density at radius 3 is 3.10 bits per heavy atom. The fraction of sp³-hybridized carbons (Fsp3) is 0.833. The Kier molecular flexibility index (Phi) is 2.99. The average molecular weight is 206 g/mol. The first-order valence-electron chi connectivity index (χ1n) is 3.57. The van der Waals surface area contributed by atoms with E-state index >= 15 is 0 Å². The van der Waals surface area contributed by atoms with Crippen molar-refractivity contribution < 1.29 is 0 Å². The van der Waals surface area contributed by atoms with Crippen LogP contribution < -0.4 is 5.43 Å². The summed E-state index contributed by atoms with van der Waals surface area (Å²) in [4.78, 5) is 0. The van der Waals surface area contributed by atoms with Gasteiger partial charge in [0.05, 0.1) is 16.1 Å². The highest BCUT2D eigenvalue weighted by atomic mass is 79.9. The van der Waals surface area contributed by atoms with Gasteiger partial charge in [-0.25, -0.2) is 0 Å². The first-order chi connectivity index (χ1) is 4.84. The third-order valence-electron chi connectivity index (χ3n) is 1.52. The molecule has 0 saturated heterocycles. The maximum atomic E-state index is 3.90. The molecular formula is C6H12BrN3. The fourth-order valence-electron chi connectivity index (χ4n) is 0.896. The van der Waals surface area contributed by atoms with Gasteiger partial charge in [-0.3, -0.25) is 9.35 Å². The molecule has 4 heteroatoms. The smallest absolute Gasteiger partial charge is 0.126 e. The maximum absolute atomic E-state index is 3.90. The Labute approximate surface area is 69.8 Å². The van der Waals surface area contributed by atoms with Gasteiger partial charge in [0.15, 0.2) is 0 Å². The van der Waals surface area contributed by atoms with Crippen LogP contribution in [0, 0.1) is 0 Å². The van der Waals surface area contributed by atoms with Gasteiger partial charge in [0.1, 0.15) is 12.5 Å². The van der Waals surface area contributed by atoms with Gasteiger partial charge in [-0.05, 0) is 12.8 Å². The van der Waals surface area contributed by atoms with Crippen LogP contribution in [0.5, 0.6) is 0 Å². The molecule has 1 heterocycles. The van der Waals surface area contributed by atoms with E-state index in [2.05, 4.69) is 33.6 Å². The van der Waals surface area contributed by atoms with Crippen LogP contribution in [0.25, 0.3) is 0 Å². The van der Waals surface area contributed by atoms with E-state index in [9.17, 15) is 0 Å². The van der Waals surface area contributed by atoms with Crippen molar-refractivity contribution in [3.8, 4) is 0 Å². The predicted molar refractivity (Wildman–Crippen MR) is 45.7 cm³/mol. The molecule has 0 saturated carbocycles. The SMILES string of the molecule is CCCCC1NN=CN1Br. The largest absolute Gasteiger partial charge is 0.285 e. The quantitative estimate of drug-likeness (QED) is 0.711. The summed E-state index contributed by atoms with van der Waals surface area (Å²) in [6.07, 6.45) is 5.73. The van der Waals surface area contributed by atoms with Gasteiger partial charge in [0.25, 0.3) is 0 Å². The number of rotatable bonds is 3. The first kappa shape index (κ1) is 7.85. The molecule has 0 fully saturated rings. The van der Waals surface area contributed by atoms with Gasteiger partial charge in [-0.15, -0.1) is 0 Å². The number of hydrazone groups is 1. The second-order valence-corrected chi connectivity index (χ2v) is 3.19. The number of unbranched alkanes of at least 4 members (excludes halogenated alkanes) is 1. The number of hydrogen-bond donors (Lipinski definition) is 1. The van der Waals surface area contributed by atoms with Crippen LogP contribution in [0.2, 0.25) is 0 Å². The molecule has 1 aliphatic heterocycles. The zero-order valence-corrected chi connectivity index (χ0v) is 7.63. The van der Waals surface area contributed by atoms with E-state index in [0.29, 0.717) is 6.17 Å². The van der Waals surface area contributed by atoms with Crippen molar-refractivity contribution in [2.24, 2.45) is 5.10 Å². The zero-order valence-electron chi connectivity index (χ0n) is 6.05. The van der Waals surface area contributed by atoms with Crippen LogP contribution in [-0.4, -0.2) is 16.4 Å². The van der Waals surface area contributed by atoms with Gasteiger partial charge < -0.3 is 0 Å². The Balaban J connectivity index is 2.17. The highest BCUT2D eigenvalue weighted by Gasteiger charge is 2.15. The summed E-state index contributed by atoms with van der Waals surface area (Å²) in [5.74, 6) is 0. The zero-order chi connectivity index (χ0) is 7.40. The summed E-state index contributed by atoms with van der Waals surface area (Å²) in [6, 6.07) is 0. The number of hydrogen-bond acceptors (Lipinski definition) is 3. The highest BCUT2D eigenvalue weighted by Crippen LogP contribution is 2.11. The van der Waals surface area contributed by atoms with E-state index in [1.54, 1.807) is 6.34 Å². The molecule has 1 rings (SSSR count). The first-order valence-corrected chi connectivity index (χ1v) is 4.28. The van der Waals surface area contributed by atoms with Crippen molar-refractivity contribution in [1.29, 1.82) is 0 Å². The normalized spacial score (nSPS) is 23.4. The fourth-order valence-corrected chi connectivity index (χ4v) is 1.28. The van der Waals surface area contributed by atoms with Crippen molar-refractivity contribution in [3.63, 3.8) is 0 Å². The summed E-state index contributed by atoms with van der Waals surface area (Å²) in [5, 5.41) is 3.90. The van der Waals surface area contributed by atoms with Crippen molar-refractivity contribution in [1.82, 2.24) is 9.35 Å². The van der Waals surface area contributed by atoms with Crippen LogP contribution >= 0.6 is 16.1 Å². The van der Waals surface area contributed by atoms with Crippen molar-refractivity contribution in [3.05, 3.63) is 0 Å². The van der Waals surface area contributed by atoms with E-state index in [0.717, 1.165) is 6.42 Å². The lowest BCUT2D eigenvalue weighted by molar-refractivity contribution is 0.410. The minimum atomic E-state index is 0.361. The van der Waals surface area contributed by atoms with E-state index in [1.807, 2.05) is 3.93 Å². The molecule has 1 aliphatic rings. The average Bonchev–Trinajstić information content (AvgIpc) is 2.31. The monoisotopic (exact) mass is 205 g/mol. The molecule has 0 amide bonds. The van der Waals surface area contributed by atoms with E-state index in [4.69, 9.17) is 0 Å². The molecule has 0 aromatic rings. The van der Waals surface area contributed by atoms with Gasteiger partial charge in [-0.1, -0.05) is 13.3 Å². The topological polar surface area (TPSA) is 27.6 Å². The summed E-state index contributed by atoms with van der Waals surface area (Å²) in [6.45, 7) is 2.19. The van der Waals surface area contributed by atoms with Crippen LogP contribution in [-0.2, 0) is 0 Å². The summed E-state index contributed by atoms with van der Waals surface area (Å²) >= 11 is 3.36. The Hall–Kier alpha value is -0.250. The number of nitrogens with one attached hydrogen (secondary N) is 1. The van der Waals surface area contributed by atoms with Gasteiger partial charge in [-0.2, -0.15) is 5.10 Å². The van der Waals surface area contributed by atoms with E-state index in [1.165, 1.54) is 12.8 Å². The molecule has 10 heavy (non-hydrogen) atoms. The van der Waals surface area contributed by atoms with Crippen LogP contribution in [0.15, 0.2) is 5.10 Å². The molecule has 1 unspecified atom stereocenters. The summed E-state index contributed by atoms with van der Waals surface area (Å²) in [7, 11) is 0. The maximum Gasteiger partial charge on any atom is 0.126 e. The van der Waals surface area contributed by atoms with Crippen LogP contribution in [0.3, 0.4) is 0 Å². The second-order valence-electron chi connectivity index (χ2n) is 2.38. The molecule has 0 radical (unpaired) electrons. The lowest BCUT2D eigenvalue weighted by Gasteiger charge is -2.15.